The van der Waals surface area contributed by atoms with Crippen molar-refractivity contribution >= 4 is 6.01 Å². The molecule has 0 saturated heterocycles. The fourth-order valence-corrected chi connectivity index (χ4v) is 1.45. The smallest absolute Gasteiger partial charge is 0.315 e. The number of ether oxygens (including phenoxy) is 1. The highest BCUT2D eigenvalue weighted by molar-refractivity contribution is 5.16. The van der Waals surface area contributed by atoms with Gasteiger partial charge < -0.3 is 19.8 Å². The summed E-state index contributed by atoms with van der Waals surface area (Å²) in [6.07, 6.45) is 2.26. The van der Waals surface area contributed by atoms with Gasteiger partial charge in [-0.2, -0.15) is 0 Å². The molecule has 6 heteroatoms. The molecule has 1 aromatic rings. The maximum atomic E-state index is 5.47. The molecular formula is C12H24N4O2. The van der Waals surface area contributed by atoms with Gasteiger partial charge in [0.25, 0.3) is 0 Å². The van der Waals surface area contributed by atoms with Crippen LogP contribution in [-0.4, -0.2) is 36.5 Å². The summed E-state index contributed by atoms with van der Waals surface area (Å²) in [4.78, 5) is 0. The molecule has 0 amide bonds. The Bertz CT molecular complexity index is 317. The third-order valence-electron chi connectivity index (χ3n) is 2.49. The summed E-state index contributed by atoms with van der Waals surface area (Å²) in [6, 6.07) is 0.535. The Hall–Kier alpha value is -1.14. The Kier molecular flexibility index (Phi) is 7.36. The van der Waals surface area contributed by atoms with E-state index >= 15 is 0 Å². The first-order chi connectivity index (χ1) is 8.77. The summed E-state index contributed by atoms with van der Waals surface area (Å²) in [5, 5.41) is 14.2. The van der Waals surface area contributed by atoms with E-state index in [2.05, 4.69) is 27.8 Å². The molecule has 6 nitrogen and oxygen atoms in total. The molecule has 0 saturated carbocycles. The molecule has 0 aliphatic heterocycles. The number of hydrogen-bond donors (Lipinski definition) is 2. The highest BCUT2D eigenvalue weighted by atomic mass is 16.5. The molecule has 0 bridgehead atoms. The van der Waals surface area contributed by atoms with Crippen LogP contribution in [0, 0.1) is 0 Å². The first kappa shape index (κ1) is 14.9. The Morgan fingerprint density at radius 1 is 1.28 bits per heavy atom. The number of aromatic nitrogens is 2. The summed E-state index contributed by atoms with van der Waals surface area (Å²) >= 11 is 0. The third-order valence-corrected chi connectivity index (χ3v) is 2.49. The van der Waals surface area contributed by atoms with Crippen LogP contribution < -0.4 is 10.6 Å². The van der Waals surface area contributed by atoms with Gasteiger partial charge in [-0.15, -0.1) is 5.10 Å². The summed E-state index contributed by atoms with van der Waals surface area (Å²) in [6.45, 7) is 9.20. The molecule has 0 spiro atoms. The predicted molar refractivity (Wildman–Crippen MR) is 70.6 cm³/mol. The van der Waals surface area contributed by atoms with E-state index in [1.54, 1.807) is 0 Å². The number of unbranched alkanes of at least 4 members (excludes halogenated alkanes) is 1. The molecule has 1 rings (SSSR count). The molecule has 1 atom stereocenters. The average molecular weight is 256 g/mol. The van der Waals surface area contributed by atoms with E-state index in [-0.39, 0.29) is 6.04 Å². The lowest BCUT2D eigenvalue weighted by Gasteiger charge is -2.06. The van der Waals surface area contributed by atoms with Gasteiger partial charge in [0, 0.05) is 13.2 Å². The van der Waals surface area contributed by atoms with E-state index < -0.39 is 0 Å². The number of nitrogens with zero attached hydrogens (tertiary/aromatic N) is 2. The van der Waals surface area contributed by atoms with Crippen molar-refractivity contribution in [3.63, 3.8) is 0 Å². The van der Waals surface area contributed by atoms with E-state index in [4.69, 9.17) is 9.15 Å². The SMILES string of the molecule is CCCCOCCNc1nnc(C(C)NCC)o1. The fraction of sp³-hybridized carbons (Fsp3) is 0.833. The van der Waals surface area contributed by atoms with E-state index in [0.717, 1.165) is 26.0 Å². The van der Waals surface area contributed by atoms with Gasteiger partial charge in [0.15, 0.2) is 0 Å². The van der Waals surface area contributed by atoms with Gasteiger partial charge in [0.2, 0.25) is 5.89 Å². The number of hydrogen-bond acceptors (Lipinski definition) is 6. The Labute approximate surface area is 108 Å². The molecule has 18 heavy (non-hydrogen) atoms. The average Bonchev–Trinajstić information content (AvgIpc) is 2.83. The molecule has 0 aromatic carbocycles. The summed E-state index contributed by atoms with van der Waals surface area (Å²) in [7, 11) is 0. The standard InChI is InChI=1S/C12H24N4O2/c1-4-6-8-17-9-7-14-12-16-15-11(18-12)10(3)13-5-2/h10,13H,4-9H2,1-3H3,(H,14,16). The normalized spacial score (nSPS) is 12.6. The van der Waals surface area contributed by atoms with Crippen molar-refractivity contribution in [2.45, 2.75) is 39.7 Å². The number of rotatable bonds is 10. The van der Waals surface area contributed by atoms with E-state index in [1.165, 1.54) is 0 Å². The maximum absolute atomic E-state index is 5.47. The minimum atomic E-state index is 0.0823. The zero-order chi connectivity index (χ0) is 13.2. The van der Waals surface area contributed by atoms with Crippen molar-refractivity contribution in [1.29, 1.82) is 0 Å². The van der Waals surface area contributed by atoms with Crippen LogP contribution in [0.25, 0.3) is 0 Å². The van der Waals surface area contributed by atoms with Crippen LogP contribution >= 0.6 is 0 Å². The van der Waals surface area contributed by atoms with E-state index in [9.17, 15) is 0 Å². The molecular weight excluding hydrogens is 232 g/mol. The fourth-order valence-electron chi connectivity index (χ4n) is 1.45. The Morgan fingerprint density at radius 2 is 2.11 bits per heavy atom. The molecule has 0 radical (unpaired) electrons. The number of anilines is 1. The van der Waals surface area contributed by atoms with Crippen molar-refractivity contribution in [2.75, 3.05) is 31.6 Å². The van der Waals surface area contributed by atoms with Gasteiger partial charge in [-0.1, -0.05) is 25.4 Å². The van der Waals surface area contributed by atoms with Crippen LogP contribution in [0.4, 0.5) is 6.01 Å². The third kappa shape index (κ3) is 5.46. The van der Waals surface area contributed by atoms with E-state index in [0.29, 0.717) is 25.1 Å². The van der Waals surface area contributed by atoms with Crippen molar-refractivity contribution in [2.24, 2.45) is 0 Å². The van der Waals surface area contributed by atoms with Crippen molar-refractivity contribution in [3.05, 3.63) is 5.89 Å². The van der Waals surface area contributed by atoms with Crippen LogP contribution in [0.5, 0.6) is 0 Å². The molecule has 1 unspecified atom stereocenters. The van der Waals surface area contributed by atoms with Gasteiger partial charge in [0.1, 0.15) is 0 Å². The minimum Gasteiger partial charge on any atom is -0.406 e. The van der Waals surface area contributed by atoms with Crippen molar-refractivity contribution in [1.82, 2.24) is 15.5 Å². The largest absolute Gasteiger partial charge is 0.406 e. The van der Waals surface area contributed by atoms with Crippen LogP contribution in [0.1, 0.15) is 45.5 Å². The summed E-state index contributed by atoms with van der Waals surface area (Å²) in [5.74, 6) is 0.603. The number of nitrogens with one attached hydrogen (secondary N) is 2. The topological polar surface area (TPSA) is 72.2 Å². The van der Waals surface area contributed by atoms with Gasteiger partial charge >= 0.3 is 6.01 Å². The predicted octanol–water partition coefficient (Wildman–Crippen LogP) is 1.97. The van der Waals surface area contributed by atoms with Gasteiger partial charge in [-0.3, -0.25) is 0 Å². The van der Waals surface area contributed by atoms with Crippen LogP contribution in [-0.2, 0) is 4.74 Å². The highest BCUT2D eigenvalue weighted by Crippen LogP contribution is 2.12. The second-order valence-corrected chi connectivity index (χ2v) is 4.12. The first-order valence-electron chi connectivity index (χ1n) is 6.66. The lowest BCUT2D eigenvalue weighted by molar-refractivity contribution is 0.140. The van der Waals surface area contributed by atoms with Gasteiger partial charge in [0.05, 0.1) is 12.6 Å². The second kappa shape index (κ2) is 8.88. The van der Waals surface area contributed by atoms with E-state index in [1.807, 2.05) is 13.8 Å². The summed E-state index contributed by atoms with van der Waals surface area (Å²) < 4.78 is 10.9. The zero-order valence-corrected chi connectivity index (χ0v) is 11.5. The second-order valence-electron chi connectivity index (χ2n) is 4.12. The van der Waals surface area contributed by atoms with Crippen LogP contribution in [0.3, 0.4) is 0 Å². The quantitative estimate of drug-likeness (QED) is 0.624. The molecule has 104 valence electrons. The highest BCUT2D eigenvalue weighted by Gasteiger charge is 2.11. The zero-order valence-electron chi connectivity index (χ0n) is 11.5. The van der Waals surface area contributed by atoms with Crippen LogP contribution in [0.2, 0.25) is 0 Å². The summed E-state index contributed by atoms with van der Waals surface area (Å²) in [5.41, 5.74) is 0. The Balaban J connectivity index is 2.19. The molecule has 0 fully saturated rings. The monoisotopic (exact) mass is 256 g/mol. The molecule has 2 N–H and O–H groups in total. The maximum Gasteiger partial charge on any atom is 0.315 e. The molecule has 0 aliphatic rings. The van der Waals surface area contributed by atoms with Crippen molar-refractivity contribution in [3.8, 4) is 0 Å². The van der Waals surface area contributed by atoms with Gasteiger partial charge in [-0.25, -0.2) is 0 Å². The van der Waals surface area contributed by atoms with Crippen molar-refractivity contribution < 1.29 is 9.15 Å². The van der Waals surface area contributed by atoms with Gasteiger partial charge in [-0.05, 0) is 19.9 Å². The lowest BCUT2D eigenvalue weighted by atomic mass is 10.3. The molecule has 0 aliphatic carbocycles. The van der Waals surface area contributed by atoms with Crippen LogP contribution in [0.15, 0.2) is 4.42 Å². The molecule has 1 aromatic heterocycles. The minimum absolute atomic E-state index is 0.0823. The molecule has 1 heterocycles. The Morgan fingerprint density at radius 3 is 2.83 bits per heavy atom. The first-order valence-corrected chi connectivity index (χ1v) is 6.66. The lowest BCUT2D eigenvalue weighted by Crippen LogP contribution is -2.17.